The van der Waals surface area contributed by atoms with Gasteiger partial charge in [-0.15, -0.1) is 4.36 Å². The fourth-order valence-corrected chi connectivity index (χ4v) is 3.06. The van der Waals surface area contributed by atoms with Gasteiger partial charge in [-0.05, 0) is 45.2 Å². The van der Waals surface area contributed by atoms with E-state index in [2.05, 4.69) is 9.68 Å². The van der Waals surface area contributed by atoms with E-state index in [1.54, 1.807) is 39.0 Å². The monoisotopic (exact) mass is 369 g/mol. The molecule has 1 rings (SSSR count). The van der Waals surface area contributed by atoms with Gasteiger partial charge < -0.3 is 10.1 Å². The highest BCUT2D eigenvalue weighted by Crippen LogP contribution is 2.13. The Morgan fingerprint density at radius 3 is 2.28 bits per heavy atom. The lowest BCUT2D eigenvalue weighted by molar-refractivity contribution is -0.120. The van der Waals surface area contributed by atoms with Gasteiger partial charge in [0.2, 0.25) is 0 Å². The lowest BCUT2D eigenvalue weighted by atomic mass is 10.0. The second-order valence-corrected chi connectivity index (χ2v) is 8.93. The molecule has 0 bridgehead atoms. The number of ether oxygens (including phenoxy) is 1. The molecule has 2 amide bonds. The van der Waals surface area contributed by atoms with Gasteiger partial charge in [0, 0.05) is 0 Å². The van der Waals surface area contributed by atoms with Crippen LogP contribution in [0.5, 0.6) is 0 Å². The topological polar surface area (TPSA) is 111 Å². The van der Waals surface area contributed by atoms with Crippen LogP contribution in [0.3, 0.4) is 0 Å². The van der Waals surface area contributed by atoms with Crippen molar-refractivity contribution in [3.05, 3.63) is 30.3 Å². The summed E-state index contributed by atoms with van der Waals surface area (Å²) in [4.78, 5) is 24.7. The summed E-state index contributed by atoms with van der Waals surface area (Å²) in [6.45, 7) is 8.96. The molecule has 0 heterocycles. The molecule has 8 heteroatoms. The molecule has 0 aliphatic heterocycles. The third-order valence-corrected chi connectivity index (χ3v) is 4.40. The zero-order valence-electron chi connectivity index (χ0n) is 15.3. The van der Waals surface area contributed by atoms with Crippen LogP contribution in [-0.2, 0) is 19.4 Å². The van der Waals surface area contributed by atoms with Crippen molar-refractivity contribution in [2.75, 3.05) is 0 Å². The molecule has 0 spiro atoms. The van der Waals surface area contributed by atoms with Gasteiger partial charge >= 0.3 is 6.09 Å². The maximum Gasteiger partial charge on any atom is 0.408 e. The summed E-state index contributed by atoms with van der Waals surface area (Å²) in [5, 5.41) is 8.23. The quantitative estimate of drug-likeness (QED) is 0.831. The van der Waals surface area contributed by atoms with Crippen LogP contribution in [0, 0.1) is 5.92 Å². The van der Waals surface area contributed by atoms with Crippen molar-refractivity contribution < 1.29 is 18.5 Å². The number of rotatable bonds is 5. The number of hydrogen-bond donors (Lipinski definition) is 2. The van der Waals surface area contributed by atoms with Crippen molar-refractivity contribution >= 4 is 21.9 Å². The van der Waals surface area contributed by atoms with Gasteiger partial charge in [0.1, 0.15) is 21.6 Å². The molecule has 1 unspecified atom stereocenters. The molecule has 0 aliphatic rings. The SMILES string of the molecule is CC(C)C[C@H](NC(=O)OC(C)(C)C)C(=O)N=S(N)(=O)c1ccccc1. The highest BCUT2D eigenvalue weighted by Gasteiger charge is 2.26. The Hall–Kier alpha value is -1.93. The molecule has 0 radical (unpaired) electrons. The Morgan fingerprint density at radius 1 is 1.24 bits per heavy atom. The van der Waals surface area contributed by atoms with E-state index in [1.807, 2.05) is 13.8 Å². The molecular formula is C17H27N3O4S. The zero-order chi connectivity index (χ0) is 19.3. The van der Waals surface area contributed by atoms with E-state index in [1.165, 1.54) is 12.1 Å². The Morgan fingerprint density at radius 2 is 1.80 bits per heavy atom. The van der Waals surface area contributed by atoms with Crippen molar-refractivity contribution in [2.24, 2.45) is 15.4 Å². The Balaban J connectivity index is 3.03. The second kappa shape index (κ2) is 8.44. The normalized spacial score (nSPS) is 15.2. The van der Waals surface area contributed by atoms with Crippen LogP contribution in [0.1, 0.15) is 41.0 Å². The van der Waals surface area contributed by atoms with Crippen molar-refractivity contribution in [2.45, 2.75) is 57.6 Å². The summed E-state index contributed by atoms with van der Waals surface area (Å²) >= 11 is 0. The van der Waals surface area contributed by atoms with E-state index >= 15 is 0 Å². The average Bonchev–Trinajstić information content (AvgIpc) is 2.44. The number of carbonyl (C=O) groups is 2. The molecule has 7 nitrogen and oxygen atoms in total. The lowest BCUT2D eigenvalue weighted by Gasteiger charge is -2.23. The van der Waals surface area contributed by atoms with Crippen LogP contribution in [-0.4, -0.2) is 27.9 Å². The maximum absolute atomic E-state index is 12.5. The maximum atomic E-state index is 12.5. The highest BCUT2D eigenvalue weighted by molar-refractivity contribution is 7.91. The van der Waals surface area contributed by atoms with Crippen LogP contribution >= 0.6 is 0 Å². The lowest BCUT2D eigenvalue weighted by Crippen LogP contribution is -2.44. The van der Waals surface area contributed by atoms with Crippen LogP contribution < -0.4 is 10.5 Å². The molecular weight excluding hydrogens is 342 g/mol. The van der Waals surface area contributed by atoms with Crippen molar-refractivity contribution in [1.29, 1.82) is 0 Å². The molecule has 140 valence electrons. The average molecular weight is 369 g/mol. The van der Waals surface area contributed by atoms with Crippen molar-refractivity contribution in [3.8, 4) is 0 Å². The predicted octanol–water partition coefficient (Wildman–Crippen LogP) is 2.85. The number of nitrogens with zero attached hydrogens (tertiary/aromatic N) is 1. The summed E-state index contributed by atoms with van der Waals surface area (Å²) < 4.78 is 21.4. The summed E-state index contributed by atoms with van der Waals surface area (Å²) in [6.07, 6.45) is -0.406. The Kier molecular flexibility index (Phi) is 7.13. The van der Waals surface area contributed by atoms with Gasteiger partial charge in [-0.1, -0.05) is 32.0 Å². The Labute approximate surface area is 149 Å². The number of nitrogens with one attached hydrogen (secondary N) is 1. The molecule has 3 N–H and O–H groups in total. The van der Waals surface area contributed by atoms with E-state index in [0.717, 1.165) is 0 Å². The van der Waals surface area contributed by atoms with E-state index in [0.29, 0.717) is 6.42 Å². The predicted molar refractivity (Wildman–Crippen MR) is 97.1 cm³/mol. The number of nitrogens with two attached hydrogens (primary N) is 1. The number of hydrogen-bond acceptors (Lipinski definition) is 4. The van der Waals surface area contributed by atoms with Gasteiger partial charge in [0.25, 0.3) is 5.91 Å². The smallest absolute Gasteiger partial charge is 0.408 e. The minimum Gasteiger partial charge on any atom is -0.444 e. The first-order chi connectivity index (χ1) is 11.4. The molecule has 1 aromatic carbocycles. The molecule has 0 saturated carbocycles. The Bertz CT molecular complexity index is 717. The summed E-state index contributed by atoms with van der Waals surface area (Å²) in [5.74, 6) is -0.638. The minimum absolute atomic E-state index is 0.102. The van der Waals surface area contributed by atoms with Gasteiger partial charge in [-0.2, -0.15) is 0 Å². The molecule has 1 aromatic rings. The van der Waals surface area contributed by atoms with E-state index in [9.17, 15) is 13.8 Å². The molecule has 0 aliphatic carbocycles. The summed E-state index contributed by atoms with van der Waals surface area (Å²) in [5.41, 5.74) is -0.696. The number of alkyl carbamates (subject to hydrolysis) is 1. The summed E-state index contributed by atoms with van der Waals surface area (Å²) in [7, 11) is -3.38. The number of carbonyl (C=O) groups excluding carboxylic acids is 2. The van der Waals surface area contributed by atoms with Gasteiger partial charge in [-0.25, -0.2) is 14.1 Å². The zero-order valence-corrected chi connectivity index (χ0v) is 16.1. The molecule has 25 heavy (non-hydrogen) atoms. The van der Waals surface area contributed by atoms with Crippen LogP contribution in [0.25, 0.3) is 0 Å². The molecule has 2 atom stereocenters. The third kappa shape index (κ3) is 7.66. The van der Waals surface area contributed by atoms with Gasteiger partial charge in [-0.3, -0.25) is 4.79 Å². The first kappa shape index (κ1) is 21.1. The van der Waals surface area contributed by atoms with Crippen molar-refractivity contribution in [1.82, 2.24) is 5.32 Å². The molecule has 0 aromatic heterocycles. The number of amides is 2. The third-order valence-electron chi connectivity index (χ3n) is 3.00. The molecule has 0 fully saturated rings. The summed E-state index contributed by atoms with van der Waals surface area (Å²) in [6, 6.07) is 7.18. The van der Waals surface area contributed by atoms with E-state index in [4.69, 9.17) is 9.88 Å². The molecule has 0 saturated heterocycles. The van der Waals surface area contributed by atoms with E-state index < -0.39 is 33.6 Å². The van der Waals surface area contributed by atoms with Gasteiger partial charge in [0.15, 0.2) is 0 Å². The van der Waals surface area contributed by atoms with Crippen molar-refractivity contribution in [3.63, 3.8) is 0 Å². The largest absolute Gasteiger partial charge is 0.444 e. The fraction of sp³-hybridized carbons (Fsp3) is 0.529. The minimum atomic E-state index is -3.38. The van der Waals surface area contributed by atoms with E-state index in [-0.39, 0.29) is 10.8 Å². The standard InChI is InChI=1S/C17H27N3O4S/c1-12(2)11-14(19-16(22)24-17(3,4)5)15(21)20-25(18,23)13-9-7-6-8-10-13/h6-10,12,14H,11H2,1-5H3,(H,19,22)(H2,18,20,21,23)/t14-,25?/m0/s1. The first-order valence-electron chi connectivity index (χ1n) is 8.04. The number of benzene rings is 1. The second-order valence-electron chi connectivity index (χ2n) is 7.14. The van der Waals surface area contributed by atoms with Crippen LogP contribution in [0.2, 0.25) is 0 Å². The first-order valence-corrected chi connectivity index (χ1v) is 9.62. The van der Waals surface area contributed by atoms with Crippen LogP contribution in [0.15, 0.2) is 39.6 Å². The van der Waals surface area contributed by atoms with Gasteiger partial charge in [0.05, 0.1) is 4.90 Å². The fourth-order valence-electron chi connectivity index (χ4n) is 2.01. The highest BCUT2D eigenvalue weighted by atomic mass is 32.2. The van der Waals surface area contributed by atoms with Crippen LogP contribution in [0.4, 0.5) is 4.79 Å².